The Bertz CT molecular complexity index is 745. The van der Waals surface area contributed by atoms with Gasteiger partial charge in [0, 0.05) is 29.4 Å². The molecule has 0 bridgehead atoms. The summed E-state index contributed by atoms with van der Waals surface area (Å²) in [5, 5.41) is 12.1. The molecular formula is C15H16N2O5. The van der Waals surface area contributed by atoms with Crippen LogP contribution in [0.15, 0.2) is 29.1 Å². The van der Waals surface area contributed by atoms with Gasteiger partial charge < -0.3 is 24.9 Å². The van der Waals surface area contributed by atoms with Crippen LogP contribution in [0, 0.1) is 6.92 Å². The molecule has 7 nitrogen and oxygen atoms in total. The first-order valence-electron chi connectivity index (χ1n) is 6.42. The van der Waals surface area contributed by atoms with Gasteiger partial charge in [0.05, 0.1) is 14.2 Å². The quantitative estimate of drug-likeness (QED) is 0.782. The first-order valence-corrected chi connectivity index (χ1v) is 6.42. The van der Waals surface area contributed by atoms with E-state index in [2.05, 4.69) is 10.3 Å². The predicted octanol–water partition coefficient (Wildman–Crippen LogP) is 2.14. The van der Waals surface area contributed by atoms with Gasteiger partial charge in [0.2, 0.25) is 0 Å². The number of aromatic carboxylic acids is 1. The Balaban J connectivity index is 2.48. The summed E-state index contributed by atoms with van der Waals surface area (Å²) in [5.41, 5.74) is 0.464. The molecule has 0 radical (unpaired) electrons. The van der Waals surface area contributed by atoms with Crippen LogP contribution < -0.4 is 20.3 Å². The molecule has 0 fully saturated rings. The molecule has 2 aromatic rings. The number of methoxy groups -OCH3 is 2. The normalized spacial score (nSPS) is 10.1. The molecule has 7 heteroatoms. The molecule has 0 spiro atoms. The molecule has 2 rings (SSSR count). The van der Waals surface area contributed by atoms with Gasteiger partial charge in [-0.3, -0.25) is 4.79 Å². The lowest BCUT2D eigenvalue weighted by Crippen LogP contribution is -2.16. The van der Waals surface area contributed by atoms with E-state index in [1.54, 1.807) is 25.1 Å². The van der Waals surface area contributed by atoms with Gasteiger partial charge in [-0.25, -0.2) is 4.79 Å². The molecule has 116 valence electrons. The maximum absolute atomic E-state index is 11.7. The summed E-state index contributed by atoms with van der Waals surface area (Å²) in [6.45, 7) is 1.55. The van der Waals surface area contributed by atoms with Crippen LogP contribution in [0.4, 0.5) is 11.5 Å². The van der Waals surface area contributed by atoms with Crippen LogP contribution in [-0.4, -0.2) is 30.3 Å². The lowest BCUT2D eigenvalue weighted by atomic mass is 10.2. The number of pyridine rings is 1. The van der Waals surface area contributed by atoms with E-state index < -0.39 is 5.97 Å². The number of carboxylic acids is 1. The van der Waals surface area contributed by atoms with Gasteiger partial charge in [-0.05, 0) is 13.0 Å². The fraction of sp³-hybridized carbons (Fsp3) is 0.200. The van der Waals surface area contributed by atoms with Crippen LogP contribution in [0.1, 0.15) is 15.9 Å². The summed E-state index contributed by atoms with van der Waals surface area (Å²) in [6.07, 6.45) is 0. The van der Waals surface area contributed by atoms with Gasteiger partial charge in [-0.2, -0.15) is 0 Å². The number of carbonyl (C=O) groups is 1. The number of nitrogens with one attached hydrogen (secondary N) is 2. The van der Waals surface area contributed by atoms with E-state index in [1.807, 2.05) is 0 Å². The van der Waals surface area contributed by atoms with Gasteiger partial charge in [0.15, 0.2) is 0 Å². The van der Waals surface area contributed by atoms with Gasteiger partial charge in [0.1, 0.15) is 22.9 Å². The van der Waals surface area contributed by atoms with E-state index in [0.717, 1.165) is 0 Å². The van der Waals surface area contributed by atoms with Crippen molar-refractivity contribution < 1.29 is 19.4 Å². The maximum atomic E-state index is 11.7. The average molecular weight is 304 g/mol. The number of hydrogen-bond donors (Lipinski definition) is 3. The number of aryl methyl sites for hydroxylation is 1. The van der Waals surface area contributed by atoms with Crippen molar-refractivity contribution in [1.82, 2.24) is 4.98 Å². The van der Waals surface area contributed by atoms with E-state index in [4.69, 9.17) is 9.47 Å². The van der Waals surface area contributed by atoms with Crippen molar-refractivity contribution in [3.8, 4) is 11.5 Å². The number of hydrogen-bond acceptors (Lipinski definition) is 5. The number of ether oxygens (including phenoxy) is 2. The maximum Gasteiger partial charge on any atom is 0.339 e. The zero-order chi connectivity index (χ0) is 16.3. The second-order valence-corrected chi connectivity index (χ2v) is 4.60. The molecule has 0 aliphatic carbocycles. The zero-order valence-electron chi connectivity index (χ0n) is 12.4. The molecule has 0 unspecified atom stereocenters. The molecule has 22 heavy (non-hydrogen) atoms. The molecule has 0 saturated carbocycles. The highest BCUT2D eigenvalue weighted by atomic mass is 16.5. The fourth-order valence-corrected chi connectivity index (χ4v) is 1.92. The van der Waals surface area contributed by atoms with E-state index >= 15 is 0 Å². The van der Waals surface area contributed by atoms with Crippen molar-refractivity contribution in [3.63, 3.8) is 0 Å². The summed E-state index contributed by atoms with van der Waals surface area (Å²) in [5.74, 6) is 0.0245. The van der Waals surface area contributed by atoms with E-state index in [-0.39, 0.29) is 16.9 Å². The van der Waals surface area contributed by atoms with Crippen molar-refractivity contribution in [1.29, 1.82) is 0 Å². The largest absolute Gasteiger partial charge is 0.497 e. The second kappa shape index (κ2) is 6.21. The Labute approximate surface area is 126 Å². The number of H-pyrrole nitrogens is 1. The number of anilines is 2. The Morgan fingerprint density at radius 1 is 1.14 bits per heavy atom. The van der Waals surface area contributed by atoms with Crippen molar-refractivity contribution in [2.75, 3.05) is 19.5 Å². The second-order valence-electron chi connectivity index (χ2n) is 4.60. The van der Waals surface area contributed by atoms with Crippen molar-refractivity contribution in [3.05, 3.63) is 45.7 Å². The zero-order valence-corrected chi connectivity index (χ0v) is 12.4. The Morgan fingerprint density at radius 3 is 2.23 bits per heavy atom. The highest BCUT2D eigenvalue weighted by Gasteiger charge is 2.14. The van der Waals surface area contributed by atoms with Gasteiger partial charge in [-0.1, -0.05) is 0 Å². The van der Waals surface area contributed by atoms with Crippen LogP contribution in [-0.2, 0) is 0 Å². The smallest absolute Gasteiger partial charge is 0.339 e. The van der Waals surface area contributed by atoms with Crippen LogP contribution in [0.2, 0.25) is 0 Å². The van der Waals surface area contributed by atoms with Gasteiger partial charge in [0.25, 0.3) is 5.56 Å². The number of aromatic nitrogens is 1. The molecule has 0 atom stereocenters. The van der Waals surface area contributed by atoms with Crippen molar-refractivity contribution in [2.24, 2.45) is 0 Å². The monoisotopic (exact) mass is 304 g/mol. The highest BCUT2D eigenvalue weighted by Crippen LogP contribution is 2.28. The predicted molar refractivity (Wildman–Crippen MR) is 81.6 cm³/mol. The van der Waals surface area contributed by atoms with Crippen molar-refractivity contribution in [2.45, 2.75) is 6.92 Å². The summed E-state index contributed by atoms with van der Waals surface area (Å²) in [7, 11) is 3.02. The van der Waals surface area contributed by atoms with Crippen molar-refractivity contribution >= 4 is 17.5 Å². The number of carboxylic acid groups (broad SMARTS) is 1. The lowest BCUT2D eigenvalue weighted by Gasteiger charge is -2.12. The van der Waals surface area contributed by atoms with E-state index in [0.29, 0.717) is 22.7 Å². The number of benzene rings is 1. The molecule has 0 aliphatic heterocycles. The molecule has 0 amide bonds. The van der Waals surface area contributed by atoms with Crippen LogP contribution in [0.25, 0.3) is 0 Å². The summed E-state index contributed by atoms with van der Waals surface area (Å²) in [6, 6.07) is 6.32. The van der Waals surface area contributed by atoms with Crippen LogP contribution in [0.5, 0.6) is 11.5 Å². The van der Waals surface area contributed by atoms with Crippen LogP contribution >= 0.6 is 0 Å². The minimum absolute atomic E-state index is 0.0288. The Kier molecular flexibility index (Phi) is 4.36. The molecule has 1 aromatic carbocycles. The molecular weight excluding hydrogens is 288 g/mol. The summed E-state index contributed by atoms with van der Waals surface area (Å²) < 4.78 is 10.3. The van der Waals surface area contributed by atoms with Gasteiger partial charge >= 0.3 is 5.97 Å². The first-order chi connectivity index (χ1) is 10.4. The van der Waals surface area contributed by atoms with Crippen LogP contribution in [0.3, 0.4) is 0 Å². The van der Waals surface area contributed by atoms with E-state index in [9.17, 15) is 14.7 Å². The third-order valence-corrected chi connectivity index (χ3v) is 3.08. The molecule has 0 aliphatic rings. The highest BCUT2D eigenvalue weighted by molar-refractivity contribution is 5.94. The van der Waals surface area contributed by atoms with Gasteiger partial charge in [-0.15, -0.1) is 0 Å². The Hall–Kier alpha value is -2.96. The first kappa shape index (κ1) is 15.4. The number of rotatable bonds is 5. The summed E-state index contributed by atoms with van der Waals surface area (Å²) >= 11 is 0. The molecule has 1 heterocycles. The lowest BCUT2D eigenvalue weighted by molar-refractivity contribution is 0.0697. The molecule has 3 N–H and O–H groups in total. The molecule has 0 saturated heterocycles. The molecule has 1 aromatic heterocycles. The average Bonchev–Trinajstić information content (AvgIpc) is 2.49. The summed E-state index contributed by atoms with van der Waals surface area (Å²) in [4.78, 5) is 25.5. The minimum Gasteiger partial charge on any atom is -0.497 e. The fourth-order valence-electron chi connectivity index (χ4n) is 1.92. The Morgan fingerprint density at radius 2 is 1.73 bits per heavy atom. The third-order valence-electron chi connectivity index (χ3n) is 3.08. The third kappa shape index (κ3) is 3.20. The van der Waals surface area contributed by atoms with E-state index in [1.165, 1.54) is 20.3 Å². The number of aromatic amines is 1. The topological polar surface area (TPSA) is 101 Å². The SMILES string of the molecule is COc1cc(Nc2[nH]c(=O)c(C)cc2C(=O)O)cc(OC)c1. The standard InChI is InChI=1S/C15H16N2O5/c1-8-4-12(15(19)20)13(17-14(8)18)16-9-5-10(21-2)7-11(6-9)22-3/h4-7H,1-3H3,(H,19,20)(H2,16,17,18). The minimum atomic E-state index is -1.14.